The third-order valence-electron chi connectivity index (χ3n) is 3.87. The van der Waals surface area contributed by atoms with E-state index in [1.807, 2.05) is 23.3 Å². The van der Waals surface area contributed by atoms with E-state index in [0.29, 0.717) is 11.0 Å². The summed E-state index contributed by atoms with van der Waals surface area (Å²) < 4.78 is 3.04. The van der Waals surface area contributed by atoms with Gasteiger partial charge in [-0.1, -0.05) is 0 Å². The summed E-state index contributed by atoms with van der Waals surface area (Å²) in [4.78, 5) is 19.0. The van der Waals surface area contributed by atoms with E-state index in [1.165, 1.54) is 24.6 Å². The molecule has 0 saturated carbocycles. The Morgan fingerprint density at radius 3 is 3.13 bits per heavy atom. The van der Waals surface area contributed by atoms with E-state index in [4.69, 9.17) is 0 Å². The van der Waals surface area contributed by atoms with E-state index in [0.717, 1.165) is 30.7 Å². The molecule has 1 aliphatic rings. The van der Waals surface area contributed by atoms with Gasteiger partial charge in [0.15, 0.2) is 5.13 Å². The molecule has 1 saturated heterocycles. The van der Waals surface area contributed by atoms with Crippen LogP contribution in [-0.2, 0) is 17.9 Å². The number of piperidine rings is 1. The number of aromatic nitrogens is 3. The first-order chi connectivity index (χ1) is 11.1. The number of nitrogens with one attached hydrogen (secondary N) is 1. The molecule has 1 atom stereocenters. The van der Waals surface area contributed by atoms with Gasteiger partial charge in [-0.3, -0.25) is 14.4 Å². The summed E-state index contributed by atoms with van der Waals surface area (Å²) in [5.41, 5.74) is 0. The molecule has 2 aromatic rings. The summed E-state index contributed by atoms with van der Waals surface area (Å²) in [6.07, 6.45) is 8.19. The number of nitrogens with zero attached hydrogens (tertiary/aromatic N) is 4. The van der Waals surface area contributed by atoms with Crippen LogP contribution < -0.4 is 5.32 Å². The van der Waals surface area contributed by atoms with Crippen LogP contribution in [0.15, 0.2) is 23.1 Å². The topological polar surface area (TPSA) is 63.1 Å². The van der Waals surface area contributed by atoms with Gasteiger partial charge in [0.2, 0.25) is 5.91 Å². The molecular formula is C15H20BrN5OS. The second kappa shape index (κ2) is 7.55. The van der Waals surface area contributed by atoms with Gasteiger partial charge in [0, 0.05) is 43.8 Å². The smallest absolute Gasteiger partial charge is 0.223 e. The number of amides is 1. The van der Waals surface area contributed by atoms with Crippen LogP contribution in [0.3, 0.4) is 0 Å². The van der Waals surface area contributed by atoms with Crippen molar-refractivity contribution in [3.63, 3.8) is 0 Å². The van der Waals surface area contributed by atoms with Crippen molar-refractivity contribution < 1.29 is 4.79 Å². The molecule has 23 heavy (non-hydrogen) atoms. The van der Waals surface area contributed by atoms with Crippen molar-refractivity contribution >= 4 is 38.3 Å². The van der Waals surface area contributed by atoms with E-state index in [9.17, 15) is 4.79 Å². The Kier molecular flexibility index (Phi) is 5.45. The van der Waals surface area contributed by atoms with Crippen LogP contribution in [0, 0.1) is 5.92 Å². The first kappa shape index (κ1) is 16.6. The average molecular weight is 398 g/mol. The number of hydrogen-bond acceptors (Lipinski definition) is 5. The Morgan fingerprint density at radius 1 is 1.52 bits per heavy atom. The monoisotopic (exact) mass is 397 g/mol. The van der Waals surface area contributed by atoms with E-state index in [1.54, 1.807) is 11.3 Å². The molecule has 124 valence electrons. The third-order valence-corrected chi connectivity index (χ3v) is 5.17. The zero-order valence-corrected chi connectivity index (χ0v) is 15.4. The fourth-order valence-corrected chi connectivity index (χ4v) is 4.18. The lowest BCUT2D eigenvalue weighted by Gasteiger charge is -2.32. The number of hydrogen-bond donors (Lipinski definition) is 1. The zero-order chi connectivity index (χ0) is 16.2. The number of halogens is 1. The summed E-state index contributed by atoms with van der Waals surface area (Å²) >= 11 is 5.00. The van der Waals surface area contributed by atoms with Gasteiger partial charge in [0.25, 0.3) is 0 Å². The summed E-state index contributed by atoms with van der Waals surface area (Å²) in [6, 6.07) is 0. The highest BCUT2D eigenvalue weighted by atomic mass is 79.9. The minimum absolute atomic E-state index is 0.0747. The van der Waals surface area contributed by atoms with Crippen molar-refractivity contribution in [2.75, 3.05) is 18.4 Å². The predicted molar refractivity (Wildman–Crippen MR) is 94.3 cm³/mol. The van der Waals surface area contributed by atoms with Crippen molar-refractivity contribution in [2.24, 2.45) is 5.92 Å². The highest BCUT2D eigenvalue weighted by Gasteiger charge is 2.21. The van der Waals surface area contributed by atoms with E-state index < -0.39 is 0 Å². The highest BCUT2D eigenvalue weighted by Crippen LogP contribution is 2.24. The van der Waals surface area contributed by atoms with Crippen molar-refractivity contribution in [3.8, 4) is 0 Å². The molecule has 1 fully saturated rings. The Bertz CT molecular complexity index is 670. The summed E-state index contributed by atoms with van der Waals surface area (Å²) in [6.45, 7) is 5.56. The SMILES string of the molecule is CC(=O)Nc1ncc(CN2CCCC(Cn3cc(Br)cn3)C2)s1. The maximum Gasteiger partial charge on any atom is 0.223 e. The van der Waals surface area contributed by atoms with Crippen LogP contribution in [0.1, 0.15) is 24.6 Å². The number of carbonyl (C=O) groups excluding carboxylic acids is 1. The first-order valence-corrected chi connectivity index (χ1v) is 9.32. The first-order valence-electron chi connectivity index (χ1n) is 7.71. The predicted octanol–water partition coefficient (Wildman–Crippen LogP) is 2.97. The second-order valence-electron chi connectivity index (χ2n) is 5.94. The molecule has 2 aromatic heterocycles. The van der Waals surface area contributed by atoms with Crippen LogP contribution in [-0.4, -0.2) is 38.7 Å². The van der Waals surface area contributed by atoms with E-state index >= 15 is 0 Å². The summed E-state index contributed by atoms with van der Waals surface area (Å²) in [7, 11) is 0. The van der Waals surface area contributed by atoms with Crippen molar-refractivity contribution in [2.45, 2.75) is 32.9 Å². The Labute approximate surface area is 148 Å². The van der Waals surface area contributed by atoms with Crippen molar-refractivity contribution in [1.82, 2.24) is 19.7 Å². The summed E-state index contributed by atoms with van der Waals surface area (Å²) in [5.74, 6) is 0.549. The molecule has 0 radical (unpaired) electrons. The van der Waals surface area contributed by atoms with Gasteiger partial charge in [0.1, 0.15) is 0 Å². The van der Waals surface area contributed by atoms with Gasteiger partial charge in [-0.2, -0.15) is 5.10 Å². The molecule has 1 aliphatic heterocycles. The fraction of sp³-hybridized carbons (Fsp3) is 0.533. The molecule has 3 heterocycles. The van der Waals surface area contributed by atoms with Crippen molar-refractivity contribution in [3.05, 3.63) is 27.9 Å². The largest absolute Gasteiger partial charge is 0.302 e. The normalized spacial score (nSPS) is 19.0. The number of likely N-dealkylation sites (tertiary alicyclic amines) is 1. The lowest BCUT2D eigenvalue weighted by molar-refractivity contribution is -0.114. The maximum atomic E-state index is 11.1. The number of rotatable bonds is 5. The molecule has 6 nitrogen and oxygen atoms in total. The lowest BCUT2D eigenvalue weighted by atomic mass is 9.98. The Balaban J connectivity index is 1.54. The maximum absolute atomic E-state index is 11.1. The number of thiazole rings is 1. The zero-order valence-electron chi connectivity index (χ0n) is 13.0. The van der Waals surface area contributed by atoms with Gasteiger partial charge in [-0.15, -0.1) is 11.3 Å². The lowest BCUT2D eigenvalue weighted by Crippen LogP contribution is -2.36. The van der Waals surface area contributed by atoms with Gasteiger partial charge < -0.3 is 5.32 Å². The Morgan fingerprint density at radius 2 is 2.39 bits per heavy atom. The standard InChI is InChI=1S/C15H20BrN5OS/c1-11(22)19-15-17-6-14(23-15)10-20-4-2-3-12(7-20)8-21-9-13(16)5-18-21/h5-6,9,12H,2-4,7-8,10H2,1H3,(H,17,19,22). The van der Waals surface area contributed by atoms with Gasteiger partial charge in [-0.25, -0.2) is 4.98 Å². The number of anilines is 1. The van der Waals surface area contributed by atoms with Gasteiger partial charge >= 0.3 is 0 Å². The molecule has 3 rings (SSSR count). The Hall–Kier alpha value is -1.25. The van der Waals surface area contributed by atoms with Crippen LogP contribution in [0.2, 0.25) is 0 Å². The van der Waals surface area contributed by atoms with Gasteiger partial charge in [0.05, 0.1) is 10.7 Å². The van der Waals surface area contributed by atoms with E-state index in [-0.39, 0.29) is 5.91 Å². The molecule has 0 bridgehead atoms. The van der Waals surface area contributed by atoms with Crippen LogP contribution in [0.25, 0.3) is 0 Å². The molecule has 0 aromatic carbocycles. The fourth-order valence-electron chi connectivity index (χ4n) is 2.96. The number of carbonyl (C=O) groups is 1. The van der Waals surface area contributed by atoms with Crippen molar-refractivity contribution in [1.29, 1.82) is 0 Å². The van der Waals surface area contributed by atoms with Crippen LogP contribution >= 0.6 is 27.3 Å². The average Bonchev–Trinajstić information content (AvgIpc) is 3.08. The quantitative estimate of drug-likeness (QED) is 0.841. The molecule has 1 amide bonds. The second-order valence-corrected chi connectivity index (χ2v) is 7.97. The summed E-state index contributed by atoms with van der Waals surface area (Å²) in [5, 5.41) is 7.78. The van der Waals surface area contributed by atoms with Crippen LogP contribution in [0.5, 0.6) is 0 Å². The van der Waals surface area contributed by atoms with Crippen LogP contribution in [0.4, 0.5) is 5.13 Å². The molecule has 0 spiro atoms. The minimum Gasteiger partial charge on any atom is -0.302 e. The minimum atomic E-state index is -0.0747. The molecule has 1 N–H and O–H groups in total. The molecule has 1 unspecified atom stereocenters. The highest BCUT2D eigenvalue weighted by molar-refractivity contribution is 9.10. The molecular weight excluding hydrogens is 378 g/mol. The van der Waals surface area contributed by atoms with Gasteiger partial charge in [-0.05, 0) is 41.2 Å². The molecule has 8 heteroatoms. The van der Waals surface area contributed by atoms with E-state index in [2.05, 4.69) is 36.2 Å². The third kappa shape index (κ3) is 4.86. The molecule has 0 aliphatic carbocycles.